The third kappa shape index (κ3) is 3.62. The predicted molar refractivity (Wildman–Crippen MR) is 136 cm³/mol. The molecule has 0 radical (unpaired) electrons. The Kier molecular flexibility index (Phi) is 5.75. The van der Waals surface area contributed by atoms with Crippen LogP contribution in [0.25, 0.3) is 27.9 Å². The normalized spacial score (nSPS) is 15.3. The van der Waals surface area contributed by atoms with E-state index in [-0.39, 0.29) is 0 Å². The predicted octanol–water partition coefficient (Wildman–Crippen LogP) is 7.81. The van der Waals surface area contributed by atoms with E-state index in [1.807, 2.05) is 6.07 Å². The fourth-order valence-corrected chi connectivity index (χ4v) is 5.72. The molecule has 0 spiro atoms. The van der Waals surface area contributed by atoms with Crippen molar-refractivity contribution in [1.29, 1.82) is 0 Å². The third-order valence-corrected chi connectivity index (χ3v) is 7.31. The second kappa shape index (κ2) is 8.68. The van der Waals surface area contributed by atoms with Gasteiger partial charge in [-0.2, -0.15) is 4.57 Å². The maximum atomic E-state index is 6.35. The zero-order valence-electron chi connectivity index (χ0n) is 18.6. The molecular weight excluding hydrogens is 436 g/mol. The number of anilines is 1. The van der Waals surface area contributed by atoms with Crippen LogP contribution >= 0.6 is 23.4 Å². The second-order valence-corrected chi connectivity index (χ2v) is 9.33. The van der Waals surface area contributed by atoms with Gasteiger partial charge in [0, 0.05) is 16.5 Å². The van der Waals surface area contributed by atoms with E-state index in [1.165, 1.54) is 32.0 Å². The van der Waals surface area contributed by atoms with Gasteiger partial charge in [-0.05, 0) is 67.6 Å². The molecule has 32 heavy (non-hydrogen) atoms. The van der Waals surface area contributed by atoms with Crippen LogP contribution in [0.15, 0.2) is 80.6 Å². The van der Waals surface area contributed by atoms with Crippen molar-refractivity contribution in [2.45, 2.75) is 38.6 Å². The highest BCUT2D eigenvalue weighted by Gasteiger charge is 2.25. The number of nitrogens with zero attached hydrogens (tertiary/aromatic N) is 2. The highest BCUT2D eigenvalue weighted by atomic mass is 35.5. The Hall–Kier alpha value is -2.69. The first-order chi connectivity index (χ1) is 15.6. The van der Waals surface area contributed by atoms with Crippen LogP contribution in [0.2, 0.25) is 5.02 Å². The lowest BCUT2D eigenvalue weighted by Gasteiger charge is -2.18. The molecule has 0 aliphatic carbocycles. The number of aromatic nitrogens is 1. The van der Waals surface area contributed by atoms with Gasteiger partial charge in [0.05, 0.1) is 22.2 Å². The lowest BCUT2D eigenvalue weighted by atomic mass is 10.1. The van der Waals surface area contributed by atoms with Crippen molar-refractivity contribution in [3.63, 3.8) is 0 Å². The molecule has 0 saturated heterocycles. The fraction of sp³-hybridized carbons (Fsp3) is 0.222. The van der Waals surface area contributed by atoms with Crippen molar-refractivity contribution in [2.75, 3.05) is 11.4 Å². The number of halogens is 1. The quantitative estimate of drug-likeness (QED) is 0.282. The largest absolute Gasteiger partial charge is 0.398 e. The topological polar surface area (TPSA) is 20.3 Å². The summed E-state index contributed by atoms with van der Waals surface area (Å²) in [4.78, 5) is 3.58. The van der Waals surface area contributed by atoms with E-state index < -0.39 is 0 Å². The molecule has 1 aliphatic rings. The summed E-state index contributed by atoms with van der Waals surface area (Å²) in [5, 5.41) is 4.45. The van der Waals surface area contributed by atoms with Crippen LogP contribution in [-0.4, -0.2) is 6.54 Å². The molecule has 1 aliphatic heterocycles. The van der Waals surface area contributed by atoms with E-state index >= 15 is 0 Å². The molecule has 0 unspecified atom stereocenters. The number of hydrogen-bond acceptors (Lipinski definition) is 3. The summed E-state index contributed by atoms with van der Waals surface area (Å²) < 4.78 is 8.62. The zero-order valence-corrected chi connectivity index (χ0v) is 20.1. The molecular formula is C27H26ClN2OS+. The molecule has 5 rings (SSSR count). The van der Waals surface area contributed by atoms with Gasteiger partial charge in [-0.3, -0.25) is 0 Å². The van der Waals surface area contributed by atoms with E-state index in [9.17, 15) is 0 Å². The van der Waals surface area contributed by atoms with Crippen LogP contribution in [0, 0.1) is 0 Å². The van der Waals surface area contributed by atoms with Gasteiger partial charge in [-0.1, -0.05) is 54.6 Å². The second-order valence-electron chi connectivity index (χ2n) is 7.83. The van der Waals surface area contributed by atoms with Gasteiger partial charge >= 0.3 is 5.89 Å². The molecule has 5 heteroatoms. The summed E-state index contributed by atoms with van der Waals surface area (Å²) in [6.45, 7) is 8.28. The molecule has 0 N–H and O–H groups in total. The first-order valence-corrected chi connectivity index (χ1v) is 12.3. The van der Waals surface area contributed by atoms with Crippen molar-refractivity contribution in [3.05, 3.63) is 82.2 Å². The molecule has 0 saturated carbocycles. The number of rotatable bonds is 5. The Morgan fingerprint density at radius 1 is 1.09 bits per heavy atom. The molecule has 3 aromatic carbocycles. The minimum absolute atomic E-state index is 0.772. The van der Waals surface area contributed by atoms with Gasteiger partial charge in [0.15, 0.2) is 0 Å². The van der Waals surface area contributed by atoms with Crippen molar-refractivity contribution < 1.29 is 8.98 Å². The molecule has 0 fully saturated rings. The van der Waals surface area contributed by atoms with Gasteiger partial charge in [0.25, 0.3) is 5.52 Å². The summed E-state index contributed by atoms with van der Waals surface area (Å²) in [5.74, 6) is 0.888. The molecule has 1 aromatic heterocycles. The number of fused-ring (bicyclic) bond motifs is 4. The van der Waals surface area contributed by atoms with E-state index in [4.69, 9.17) is 16.0 Å². The molecule has 3 nitrogen and oxygen atoms in total. The Morgan fingerprint density at radius 2 is 1.94 bits per heavy atom. The van der Waals surface area contributed by atoms with Crippen LogP contribution in [0.4, 0.5) is 5.69 Å². The lowest BCUT2D eigenvalue weighted by molar-refractivity contribution is -0.673. The van der Waals surface area contributed by atoms with Crippen molar-refractivity contribution in [2.24, 2.45) is 0 Å². The number of benzene rings is 3. The van der Waals surface area contributed by atoms with E-state index in [0.29, 0.717) is 0 Å². The summed E-state index contributed by atoms with van der Waals surface area (Å²) in [5.41, 5.74) is 4.50. The van der Waals surface area contributed by atoms with E-state index in [2.05, 4.69) is 90.9 Å². The first kappa shape index (κ1) is 21.2. The summed E-state index contributed by atoms with van der Waals surface area (Å²) in [7, 11) is 0. The number of aryl methyl sites for hydroxylation is 1. The standard InChI is InChI=1S/C27H26ClN2OS/c1-4-18(16-26-29(5-2)22-17-20(28)12-14-24(22)32-26)15-25-30(6-3)27-21-10-8-7-9-19(21)11-13-23(27)31-25/h7-17H,4-6H2,1-3H3/q+1. The van der Waals surface area contributed by atoms with Crippen molar-refractivity contribution in [1.82, 2.24) is 0 Å². The zero-order chi connectivity index (χ0) is 22.2. The van der Waals surface area contributed by atoms with Crippen LogP contribution in [0.3, 0.4) is 0 Å². The summed E-state index contributed by atoms with van der Waals surface area (Å²) >= 11 is 8.06. The van der Waals surface area contributed by atoms with Gasteiger partial charge in [-0.25, -0.2) is 0 Å². The molecule has 2 heterocycles. The average molecular weight is 462 g/mol. The Labute approximate surface area is 198 Å². The summed E-state index contributed by atoms with van der Waals surface area (Å²) in [6.07, 6.45) is 5.39. The van der Waals surface area contributed by atoms with Gasteiger partial charge in [0.1, 0.15) is 6.54 Å². The highest BCUT2D eigenvalue weighted by Crippen LogP contribution is 2.47. The first-order valence-electron chi connectivity index (χ1n) is 11.1. The average Bonchev–Trinajstić information content (AvgIpc) is 3.34. The minimum Gasteiger partial charge on any atom is -0.398 e. The van der Waals surface area contributed by atoms with Gasteiger partial charge < -0.3 is 9.32 Å². The Morgan fingerprint density at radius 3 is 2.72 bits per heavy atom. The van der Waals surface area contributed by atoms with Crippen molar-refractivity contribution in [3.8, 4) is 0 Å². The van der Waals surface area contributed by atoms with Gasteiger partial charge in [0.2, 0.25) is 5.58 Å². The van der Waals surface area contributed by atoms with Crippen LogP contribution in [0.1, 0.15) is 33.1 Å². The smallest absolute Gasteiger partial charge is 0.374 e. The molecule has 162 valence electrons. The van der Waals surface area contributed by atoms with Crippen molar-refractivity contribution >= 4 is 57.0 Å². The summed E-state index contributed by atoms with van der Waals surface area (Å²) in [6, 6.07) is 18.8. The maximum absolute atomic E-state index is 6.35. The van der Waals surface area contributed by atoms with Crippen LogP contribution in [-0.2, 0) is 6.54 Å². The lowest BCUT2D eigenvalue weighted by Crippen LogP contribution is -2.34. The third-order valence-electron chi connectivity index (χ3n) is 5.96. The Bertz CT molecular complexity index is 1390. The van der Waals surface area contributed by atoms with Crippen LogP contribution < -0.4 is 9.47 Å². The number of hydrogen-bond donors (Lipinski definition) is 0. The monoisotopic (exact) mass is 461 g/mol. The number of allylic oxidation sites excluding steroid dienone is 2. The molecule has 4 aromatic rings. The van der Waals surface area contributed by atoms with Gasteiger partial charge in [-0.15, -0.1) is 0 Å². The number of thioether (sulfide) groups is 1. The highest BCUT2D eigenvalue weighted by molar-refractivity contribution is 8.03. The fourth-order valence-electron chi connectivity index (χ4n) is 4.37. The van der Waals surface area contributed by atoms with E-state index in [1.54, 1.807) is 11.8 Å². The van der Waals surface area contributed by atoms with E-state index in [0.717, 1.165) is 41.5 Å². The molecule has 0 amide bonds. The molecule has 0 atom stereocenters. The molecule has 0 bridgehead atoms. The Balaban J connectivity index is 1.60. The maximum Gasteiger partial charge on any atom is 0.374 e. The SMILES string of the molecule is CCC(=Cc1oc2ccc3ccccc3c2[n+]1CC)C=C1Sc2ccc(Cl)cc2N1CC. The number of oxazole rings is 1. The minimum atomic E-state index is 0.772. The van der Waals surface area contributed by atoms with Crippen LogP contribution in [0.5, 0.6) is 0 Å².